The molecule has 0 aliphatic carbocycles. The van der Waals surface area contributed by atoms with Crippen LogP contribution in [-0.2, 0) is 11.3 Å². The molecule has 2 aromatic carbocycles. The Labute approximate surface area is 168 Å². The molecule has 0 fully saturated rings. The molecule has 0 bridgehead atoms. The van der Waals surface area contributed by atoms with Crippen LogP contribution < -0.4 is 14.8 Å². The van der Waals surface area contributed by atoms with Gasteiger partial charge in [-0.15, -0.1) is 0 Å². The van der Waals surface area contributed by atoms with Gasteiger partial charge in [0.2, 0.25) is 12.7 Å². The number of hydrogen-bond acceptors (Lipinski definition) is 5. The van der Waals surface area contributed by atoms with Gasteiger partial charge in [0, 0.05) is 6.54 Å². The Kier molecular flexibility index (Phi) is 4.96. The van der Waals surface area contributed by atoms with E-state index in [1.165, 1.54) is 0 Å². The minimum Gasteiger partial charge on any atom is -0.454 e. The maximum absolute atomic E-state index is 13.0. The van der Waals surface area contributed by atoms with E-state index in [2.05, 4.69) is 5.32 Å². The van der Waals surface area contributed by atoms with Crippen LogP contribution in [0.1, 0.15) is 46.5 Å². The number of hydrogen-bond donors (Lipinski definition) is 1. The molecule has 2 heterocycles. The molecule has 4 rings (SSSR count). The first kappa shape index (κ1) is 19.0. The lowest BCUT2D eigenvalue weighted by atomic mass is 10.0. The number of benzene rings is 2. The van der Waals surface area contributed by atoms with Gasteiger partial charge >= 0.3 is 0 Å². The fourth-order valence-corrected chi connectivity index (χ4v) is 3.63. The van der Waals surface area contributed by atoms with Crippen molar-refractivity contribution in [2.24, 2.45) is 5.92 Å². The van der Waals surface area contributed by atoms with Crippen molar-refractivity contribution in [1.82, 2.24) is 10.2 Å². The summed E-state index contributed by atoms with van der Waals surface area (Å²) in [6.07, 6.45) is 0.387. The average molecular weight is 394 g/mol. The number of nitrogens with zero attached hydrogens (tertiary/aromatic N) is 1. The van der Waals surface area contributed by atoms with E-state index in [4.69, 9.17) is 9.47 Å². The fraction of sp³-hybridized carbons (Fsp3) is 0.318. The Morgan fingerprint density at radius 1 is 1.03 bits per heavy atom. The molecule has 7 heteroatoms. The van der Waals surface area contributed by atoms with E-state index in [9.17, 15) is 14.4 Å². The number of nitrogens with one attached hydrogen (secondary N) is 1. The topological polar surface area (TPSA) is 84.9 Å². The van der Waals surface area contributed by atoms with Crippen molar-refractivity contribution in [1.29, 1.82) is 0 Å². The third-order valence-electron chi connectivity index (χ3n) is 5.04. The first-order valence-corrected chi connectivity index (χ1v) is 9.59. The summed E-state index contributed by atoms with van der Waals surface area (Å²) in [6.45, 7) is 4.35. The van der Waals surface area contributed by atoms with Crippen molar-refractivity contribution < 1.29 is 23.9 Å². The van der Waals surface area contributed by atoms with Crippen molar-refractivity contribution in [3.8, 4) is 11.5 Å². The van der Waals surface area contributed by atoms with Gasteiger partial charge in [0.15, 0.2) is 11.5 Å². The Morgan fingerprint density at radius 2 is 1.69 bits per heavy atom. The molecule has 0 saturated heterocycles. The number of carbonyl (C=O) groups is 3. The van der Waals surface area contributed by atoms with Crippen LogP contribution in [0.2, 0.25) is 0 Å². The van der Waals surface area contributed by atoms with Crippen LogP contribution in [0.25, 0.3) is 0 Å². The minimum absolute atomic E-state index is 0.126. The number of fused-ring (bicyclic) bond motifs is 2. The Bertz CT molecular complexity index is 950. The normalized spacial score (nSPS) is 15.6. The molecule has 1 N–H and O–H groups in total. The molecule has 3 amide bonds. The summed E-state index contributed by atoms with van der Waals surface area (Å²) in [7, 11) is 0. The van der Waals surface area contributed by atoms with E-state index in [0.717, 1.165) is 10.5 Å². The van der Waals surface area contributed by atoms with Gasteiger partial charge in [-0.25, -0.2) is 0 Å². The summed E-state index contributed by atoms with van der Waals surface area (Å²) in [6, 6.07) is 11.2. The average Bonchev–Trinajstić information content (AvgIpc) is 3.27. The summed E-state index contributed by atoms with van der Waals surface area (Å²) in [5.41, 5.74) is 1.53. The lowest BCUT2D eigenvalue weighted by Gasteiger charge is -2.26. The maximum Gasteiger partial charge on any atom is 0.262 e. The molecule has 0 unspecified atom stereocenters. The lowest BCUT2D eigenvalue weighted by Crippen LogP contribution is -2.50. The molecule has 0 aromatic heterocycles. The van der Waals surface area contributed by atoms with Crippen LogP contribution in [0, 0.1) is 5.92 Å². The summed E-state index contributed by atoms with van der Waals surface area (Å²) >= 11 is 0. The van der Waals surface area contributed by atoms with Gasteiger partial charge in [-0.3, -0.25) is 19.3 Å². The number of rotatable bonds is 6. The molecule has 1 atom stereocenters. The highest BCUT2D eigenvalue weighted by Crippen LogP contribution is 2.32. The smallest absolute Gasteiger partial charge is 0.262 e. The predicted octanol–water partition coefficient (Wildman–Crippen LogP) is 2.74. The quantitative estimate of drug-likeness (QED) is 0.762. The molecule has 2 aliphatic heterocycles. The molecular weight excluding hydrogens is 372 g/mol. The summed E-state index contributed by atoms with van der Waals surface area (Å²) in [4.78, 5) is 39.8. The molecular formula is C22H22N2O5. The zero-order valence-electron chi connectivity index (χ0n) is 16.3. The van der Waals surface area contributed by atoms with Gasteiger partial charge in [-0.1, -0.05) is 32.0 Å². The summed E-state index contributed by atoms with van der Waals surface area (Å²) < 4.78 is 10.7. The second-order valence-corrected chi connectivity index (χ2v) is 7.58. The van der Waals surface area contributed by atoms with Crippen molar-refractivity contribution in [2.45, 2.75) is 32.9 Å². The number of ether oxygens (including phenoxy) is 2. The third kappa shape index (κ3) is 3.55. The van der Waals surface area contributed by atoms with Crippen LogP contribution in [0.3, 0.4) is 0 Å². The highest BCUT2D eigenvalue weighted by molar-refractivity contribution is 6.22. The number of amides is 3. The maximum atomic E-state index is 13.0. The van der Waals surface area contributed by atoms with Gasteiger partial charge in [-0.05, 0) is 42.2 Å². The van der Waals surface area contributed by atoms with Gasteiger partial charge in [0.05, 0.1) is 11.1 Å². The SMILES string of the molecule is CC(C)C[C@H](C(=O)NCc1ccc2c(c1)OCO2)N1C(=O)c2ccccc2C1=O. The zero-order valence-corrected chi connectivity index (χ0v) is 16.3. The second-order valence-electron chi connectivity index (χ2n) is 7.58. The molecule has 0 radical (unpaired) electrons. The first-order chi connectivity index (χ1) is 14.0. The number of carbonyl (C=O) groups excluding carboxylic acids is 3. The predicted molar refractivity (Wildman–Crippen MR) is 105 cm³/mol. The van der Waals surface area contributed by atoms with Crippen LogP contribution in [0.15, 0.2) is 42.5 Å². The van der Waals surface area contributed by atoms with Crippen molar-refractivity contribution >= 4 is 17.7 Å². The van der Waals surface area contributed by atoms with Gasteiger partial charge in [0.25, 0.3) is 11.8 Å². The van der Waals surface area contributed by atoms with Crippen LogP contribution >= 0.6 is 0 Å². The van der Waals surface area contributed by atoms with Crippen LogP contribution in [0.5, 0.6) is 11.5 Å². The Balaban J connectivity index is 1.52. The molecule has 29 heavy (non-hydrogen) atoms. The highest BCUT2D eigenvalue weighted by atomic mass is 16.7. The van der Waals surface area contributed by atoms with E-state index in [1.807, 2.05) is 26.0 Å². The fourth-order valence-electron chi connectivity index (χ4n) is 3.63. The van der Waals surface area contributed by atoms with E-state index < -0.39 is 17.9 Å². The Hall–Kier alpha value is -3.35. The Morgan fingerprint density at radius 3 is 2.34 bits per heavy atom. The van der Waals surface area contributed by atoms with E-state index >= 15 is 0 Å². The van der Waals surface area contributed by atoms with Crippen LogP contribution in [0.4, 0.5) is 0 Å². The summed E-state index contributed by atoms with van der Waals surface area (Å²) in [5.74, 6) is 0.232. The van der Waals surface area contributed by atoms with E-state index in [1.54, 1.807) is 30.3 Å². The summed E-state index contributed by atoms with van der Waals surface area (Å²) in [5, 5.41) is 2.86. The number of imide groups is 1. The molecule has 150 valence electrons. The van der Waals surface area contributed by atoms with E-state index in [-0.39, 0.29) is 25.2 Å². The monoisotopic (exact) mass is 394 g/mol. The lowest BCUT2D eigenvalue weighted by molar-refractivity contribution is -0.125. The second kappa shape index (κ2) is 7.58. The highest BCUT2D eigenvalue weighted by Gasteiger charge is 2.42. The standard InChI is InChI=1S/C22H22N2O5/c1-13(2)9-17(24-21(26)15-5-3-4-6-16(15)22(24)27)20(25)23-11-14-7-8-18-19(10-14)29-12-28-18/h3-8,10,13,17H,9,11-12H2,1-2H3,(H,23,25)/t17-/m1/s1. The van der Waals surface area contributed by atoms with Gasteiger partial charge in [0.1, 0.15) is 6.04 Å². The molecule has 2 aliphatic rings. The molecule has 2 aromatic rings. The largest absolute Gasteiger partial charge is 0.454 e. The molecule has 0 spiro atoms. The van der Waals surface area contributed by atoms with Crippen molar-refractivity contribution in [2.75, 3.05) is 6.79 Å². The minimum atomic E-state index is -0.864. The first-order valence-electron chi connectivity index (χ1n) is 9.59. The zero-order chi connectivity index (χ0) is 20.5. The van der Waals surface area contributed by atoms with Crippen molar-refractivity contribution in [3.05, 3.63) is 59.2 Å². The van der Waals surface area contributed by atoms with Gasteiger partial charge < -0.3 is 14.8 Å². The van der Waals surface area contributed by atoms with Gasteiger partial charge in [-0.2, -0.15) is 0 Å². The molecule has 0 saturated carbocycles. The third-order valence-corrected chi connectivity index (χ3v) is 5.04. The molecule has 7 nitrogen and oxygen atoms in total. The van der Waals surface area contributed by atoms with Crippen LogP contribution in [-0.4, -0.2) is 35.5 Å². The van der Waals surface area contributed by atoms with Crippen molar-refractivity contribution in [3.63, 3.8) is 0 Å². The van der Waals surface area contributed by atoms with E-state index in [0.29, 0.717) is 29.0 Å².